The summed E-state index contributed by atoms with van der Waals surface area (Å²) in [7, 11) is 0. The maximum atomic E-state index is 4.53. The molecule has 8 aromatic rings. The summed E-state index contributed by atoms with van der Waals surface area (Å²) < 4.78 is 2.65. The third-order valence-electron chi connectivity index (χ3n) is 14.3. The van der Waals surface area contributed by atoms with Crippen LogP contribution in [0.25, 0.3) is 42.4 Å². The van der Waals surface area contributed by atoms with Crippen molar-refractivity contribution in [1.29, 1.82) is 0 Å². The number of rotatable bonds is 10. The topological polar surface area (TPSA) is 3.24 Å². The Bertz CT molecular complexity index is 3190. The normalized spacial score (nSPS) is 21.2. The molecular formula is C63H53NS. The summed E-state index contributed by atoms with van der Waals surface area (Å²) in [6.45, 7) is 9.02. The Hall–Kier alpha value is -7.00. The number of fused-ring (bicyclic) bond motifs is 4. The number of nitrogens with zero attached hydrogens (tertiary/aromatic N) is 1. The van der Waals surface area contributed by atoms with E-state index in [0.29, 0.717) is 11.8 Å². The second kappa shape index (κ2) is 17.2. The fraction of sp³-hybridized carbons (Fsp3) is 0.143. The van der Waals surface area contributed by atoms with E-state index in [4.69, 9.17) is 0 Å². The lowest BCUT2D eigenvalue weighted by atomic mass is 9.61. The van der Waals surface area contributed by atoms with Gasteiger partial charge in [0.2, 0.25) is 0 Å². The number of thiophene rings is 1. The fourth-order valence-corrected chi connectivity index (χ4v) is 12.3. The number of hydrogen-bond donors (Lipinski definition) is 0. The average molecular weight is 856 g/mol. The van der Waals surface area contributed by atoms with Gasteiger partial charge in [-0.25, -0.2) is 0 Å². The van der Waals surface area contributed by atoms with Crippen LogP contribution in [0.1, 0.15) is 60.8 Å². The van der Waals surface area contributed by atoms with Crippen LogP contribution < -0.4 is 4.90 Å². The minimum atomic E-state index is -0.344. The van der Waals surface area contributed by atoms with Crippen molar-refractivity contribution >= 4 is 48.6 Å². The van der Waals surface area contributed by atoms with Gasteiger partial charge in [0.05, 0.1) is 0 Å². The highest BCUT2D eigenvalue weighted by Crippen LogP contribution is 2.60. The first-order chi connectivity index (χ1) is 32.0. The molecule has 1 aromatic heterocycles. The lowest BCUT2D eigenvalue weighted by molar-refractivity contribution is 0.428. The van der Waals surface area contributed by atoms with E-state index in [0.717, 1.165) is 29.9 Å². The molecule has 11 rings (SSSR count). The third-order valence-corrected chi connectivity index (χ3v) is 15.4. The van der Waals surface area contributed by atoms with Gasteiger partial charge in [0.15, 0.2) is 0 Å². The Morgan fingerprint density at radius 3 is 1.94 bits per heavy atom. The smallest absolute Gasteiger partial charge is 0.0488 e. The van der Waals surface area contributed by atoms with Crippen molar-refractivity contribution in [3.8, 4) is 22.3 Å². The molecule has 0 spiro atoms. The largest absolute Gasteiger partial charge is 0.311 e. The molecule has 3 aliphatic rings. The number of benzene rings is 7. The van der Waals surface area contributed by atoms with Crippen LogP contribution in [0.15, 0.2) is 237 Å². The average Bonchev–Trinajstić information content (AvgIpc) is 3.88. The Balaban J connectivity index is 0.993. The fourth-order valence-electron chi connectivity index (χ4n) is 11.2. The molecule has 65 heavy (non-hydrogen) atoms. The van der Waals surface area contributed by atoms with Gasteiger partial charge in [0.1, 0.15) is 0 Å². The van der Waals surface area contributed by atoms with E-state index >= 15 is 0 Å². The van der Waals surface area contributed by atoms with Crippen molar-refractivity contribution < 1.29 is 0 Å². The molecule has 5 unspecified atom stereocenters. The standard InChI is InChI=1S/C63H53NS/c1-4-14-55-56-19-9-11-21-60(56)63(59(55)5-2,51-18-13-15-43(3)41-51)50-32-38-54(39-33-50)64(52-34-27-47(28-35-52)46-25-23-45(24-26-46)44-16-7-6-8-17-44)53-36-29-48(30-37-53)49-31-40-58-57-20-10-12-22-61(57)65-62(58)42-49/h4-16,18-40,42-44,55,59H,2,17,41H2,1,3H3/b14-4-. The molecule has 3 aliphatic carbocycles. The highest BCUT2D eigenvalue weighted by molar-refractivity contribution is 7.25. The molecule has 0 aliphatic heterocycles. The lowest BCUT2D eigenvalue weighted by Gasteiger charge is -2.41. The highest BCUT2D eigenvalue weighted by atomic mass is 32.1. The van der Waals surface area contributed by atoms with Gasteiger partial charge < -0.3 is 4.90 Å². The quantitative estimate of drug-likeness (QED) is 0.124. The van der Waals surface area contributed by atoms with Crippen LogP contribution in [0, 0.1) is 11.8 Å². The first-order valence-electron chi connectivity index (χ1n) is 23.2. The van der Waals surface area contributed by atoms with Crippen LogP contribution in [0.2, 0.25) is 0 Å². The van der Waals surface area contributed by atoms with E-state index in [1.165, 1.54) is 70.3 Å². The van der Waals surface area contributed by atoms with Crippen molar-refractivity contribution in [1.82, 2.24) is 0 Å². The number of hydrogen-bond acceptors (Lipinski definition) is 2. The van der Waals surface area contributed by atoms with Gasteiger partial charge in [-0.15, -0.1) is 17.9 Å². The number of anilines is 3. The van der Waals surface area contributed by atoms with Crippen molar-refractivity contribution in [2.75, 3.05) is 4.90 Å². The molecule has 2 heteroatoms. The van der Waals surface area contributed by atoms with Crippen molar-refractivity contribution in [3.05, 3.63) is 259 Å². The Labute approximate surface area is 388 Å². The van der Waals surface area contributed by atoms with Crippen LogP contribution in [0.3, 0.4) is 0 Å². The summed E-state index contributed by atoms with van der Waals surface area (Å²) in [5.74, 6) is 1.31. The second-order valence-corrected chi connectivity index (χ2v) is 19.1. The third kappa shape index (κ3) is 7.18. The number of allylic oxidation sites excluding steroid dienone is 11. The molecule has 7 aromatic carbocycles. The van der Waals surface area contributed by atoms with Crippen molar-refractivity contribution in [2.24, 2.45) is 11.8 Å². The zero-order valence-corrected chi connectivity index (χ0v) is 38.0. The predicted octanol–water partition coefficient (Wildman–Crippen LogP) is 17.7. The van der Waals surface area contributed by atoms with Crippen LogP contribution in [0.5, 0.6) is 0 Å². The Kier molecular flexibility index (Phi) is 10.8. The SMILES string of the molecule is C=CC1C(/C=C\C)c2ccccc2C1(C1=CC=CC(C)C1)c1ccc(N(c2ccc(-c3ccc(C4C=CC=CC4)cc3)cc2)c2ccc(-c3ccc4c(c3)sc3ccccc34)cc2)cc1. The van der Waals surface area contributed by atoms with E-state index < -0.39 is 0 Å². The first kappa shape index (κ1) is 40.8. The molecule has 0 saturated carbocycles. The van der Waals surface area contributed by atoms with E-state index in [2.05, 4.69) is 250 Å². The van der Waals surface area contributed by atoms with Crippen LogP contribution in [-0.2, 0) is 5.41 Å². The maximum Gasteiger partial charge on any atom is 0.0488 e. The van der Waals surface area contributed by atoms with E-state index in [9.17, 15) is 0 Å². The van der Waals surface area contributed by atoms with E-state index in [1.807, 2.05) is 11.3 Å². The minimum Gasteiger partial charge on any atom is -0.311 e. The molecular weight excluding hydrogens is 803 g/mol. The summed E-state index contributed by atoms with van der Waals surface area (Å²) >= 11 is 1.87. The first-order valence-corrected chi connectivity index (χ1v) is 24.0. The molecule has 5 atom stereocenters. The van der Waals surface area contributed by atoms with Gasteiger partial charge in [-0.3, -0.25) is 0 Å². The summed E-state index contributed by atoms with van der Waals surface area (Å²) in [5.41, 5.74) is 14.8. The van der Waals surface area contributed by atoms with Gasteiger partial charge in [-0.2, -0.15) is 0 Å². The monoisotopic (exact) mass is 855 g/mol. The van der Waals surface area contributed by atoms with Gasteiger partial charge in [-0.05, 0) is 119 Å². The highest BCUT2D eigenvalue weighted by Gasteiger charge is 2.53. The molecule has 1 heterocycles. The minimum absolute atomic E-state index is 0.167. The lowest BCUT2D eigenvalue weighted by Crippen LogP contribution is -2.36. The molecule has 0 N–H and O–H groups in total. The summed E-state index contributed by atoms with van der Waals surface area (Å²) in [5, 5.41) is 2.65. The molecule has 0 bridgehead atoms. The molecule has 1 nitrogen and oxygen atoms in total. The summed E-state index contributed by atoms with van der Waals surface area (Å²) in [4.78, 5) is 2.41. The van der Waals surface area contributed by atoms with Crippen LogP contribution >= 0.6 is 11.3 Å². The van der Waals surface area contributed by atoms with Gasteiger partial charge in [0, 0.05) is 60.4 Å². The van der Waals surface area contributed by atoms with Gasteiger partial charge in [0.25, 0.3) is 0 Å². The van der Waals surface area contributed by atoms with Crippen molar-refractivity contribution in [2.45, 2.75) is 43.9 Å². The van der Waals surface area contributed by atoms with Crippen molar-refractivity contribution in [3.63, 3.8) is 0 Å². The Morgan fingerprint density at radius 1 is 0.631 bits per heavy atom. The maximum absolute atomic E-state index is 4.53. The van der Waals surface area contributed by atoms with E-state index in [1.54, 1.807) is 0 Å². The van der Waals surface area contributed by atoms with Crippen LogP contribution in [0.4, 0.5) is 17.1 Å². The molecule has 0 amide bonds. The zero-order valence-electron chi connectivity index (χ0n) is 37.1. The predicted molar refractivity (Wildman–Crippen MR) is 280 cm³/mol. The molecule has 0 saturated heterocycles. The molecule has 0 radical (unpaired) electrons. The second-order valence-electron chi connectivity index (χ2n) is 18.0. The van der Waals surface area contributed by atoms with Gasteiger partial charge >= 0.3 is 0 Å². The summed E-state index contributed by atoms with van der Waals surface area (Å²) in [6, 6.07) is 61.6. The van der Waals surface area contributed by atoms with E-state index in [-0.39, 0.29) is 17.3 Å². The zero-order chi connectivity index (χ0) is 43.9. The molecule has 316 valence electrons. The Morgan fingerprint density at radius 2 is 1.26 bits per heavy atom. The van der Waals surface area contributed by atoms with Crippen LogP contribution in [-0.4, -0.2) is 0 Å². The molecule has 0 fully saturated rings. The summed E-state index contributed by atoms with van der Waals surface area (Å²) in [6.07, 6.45) is 24.8. The van der Waals surface area contributed by atoms with Gasteiger partial charge in [-0.1, -0.05) is 189 Å².